The number of nitrogens with one attached hydrogen (secondary N) is 1. The van der Waals surface area contributed by atoms with E-state index >= 15 is 0 Å². The summed E-state index contributed by atoms with van der Waals surface area (Å²) < 4.78 is 5.37. The van der Waals surface area contributed by atoms with E-state index in [0.717, 1.165) is 24.2 Å². The van der Waals surface area contributed by atoms with Crippen LogP contribution in [0.1, 0.15) is 72.1 Å². The number of nitrogens with zero attached hydrogens (tertiary/aromatic N) is 1. The van der Waals surface area contributed by atoms with Gasteiger partial charge in [0.1, 0.15) is 12.1 Å². The third kappa shape index (κ3) is 4.04. The zero-order valence-corrected chi connectivity index (χ0v) is 16.3. The van der Waals surface area contributed by atoms with Gasteiger partial charge in [-0.2, -0.15) is 0 Å². The van der Waals surface area contributed by atoms with Crippen LogP contribution >= 0.6 is 0 Å². The number of esters is 1. The lowest BCUT2D eigenvalue weighted by Gasteiger charge is -2.43. The SMILES string of the molecule is C[C@@H]1CC(C)(C)C[C@]2(C1)NC(=O)N(CC(=O)OCC1CCCCC1)C2=O. The zero-order chi connectivity index (χ0) is 18.9. The van der Waals surface area contributed by atoms with Gasteiger partial charge in [-0.15, -0.1) is 0 Å². The van der Waals surface area contributed by atoms with E-state index < -0.39 is 17.5 Å². The molecule has 26 heavy (non-hydrogen) atoms. The molecular formula is C20H32N2O4. The van der Waals surface area contributed by atoms with Gasteiger partial charge in [0.25, 0.3) is 5.91 Å². The monoisotopic (exact) mass is 364 g/mol. The lowest BCUT2D eigenvalue weighted by Crippen LogP contribution is -2.54. The number of ether oxygens (including phenoxy) is 1. The van der Waals surface area contributed by atoms with Crippen molar-refractivity contribution in [2.75, 3.05) is 13.2 Å². The first kappa shape index (κ1) is 19.2. The highest BCUT2D eigenvalue weighted by molar-refractivity contribution is 6.08. The van der Waals surface area contributed by atoms with Gasteiger partial charge in [-0.3, -0.25) is 14.5 Å². The molecule has 3 aliphatic rings. The van der Waals surface area contributed by atoms with Crippen molar-refractivity contribution in [3.8, 4) is 0 Å². The van der Waals surface area contributed by atoms with E-state index in [1.807, 2.05) is 0 Å². The summed E-state index contributed by atoms with van der Waals surface area (Å²) in [7, 11) is 0. The molecule has 0 aromatic carbocycles. The van der Waals surface area contributed by atoms with Gasteiger partial charge in [0.05, 0.1) is 6.61 Å². The van der Waals surface area contributed by atoms with Crippen LogP contribution in [0.4, 0.5) is 4.79 Å². The van der Waals surface area contributed by atoms with Crippen LogP contribution in [0.15, 0.2) is 0 Å². The maximum Gasteiger partial charge on any atom is 0.326 e. The molecule has 6 heteroatoms. The first-order chi connectivity index (χ1) is 12.2. The van der Waals surface area contributed by atoms with Crippen molar-refractivity contribution in [1.29, 1.82) is 0 Å². The predicted octanol–water partition coefficient (Wildman–Crippen LogP) is 3.25. The first-order valence-electron chi connectivity index (χ1n) is 10.0. The van der Waals surface area contributed by atoms with Crippen LogP contribution in [0.2, 0.25) is 0 Å². The number of rotatable bonds is 4. The molecule has 0 aromatic heterocycles. The van der Waals surface area contributed by atoms with Crippen molar-refractivity contribution >= 4 is 17.9 Å². The van der Waals surface area contributed by atoms with Crippen molar-refractivity contribution < 1.29 is 19.1 Å². The third-order valence-corrected chi connectivity index (χ3v) is 6.12. The summed E-state index contributed by atoms with van der Waals surface area (Å²) in [4.78, 5) is 38.7. The number of hydrogen-bond acceptors (Lipinski definition) is 4. The fourth-order valence-electron chi connectivity index (χ4n) is 5.39. The van der Waals surface area contributed by atoms with Gasteiger partial charge >= 0.3 is 12.0 Å². The molecule has 0 bridgehead atoms. The lowest BCUT2D eigenvalue weighted by molar-refractivity contribution is -0.149. The van der Waals surface area contributed by atoms with Crippen molar-refractivity contribution in [1.82, 2.24) is 10.2 Å². The molecule has 3 amide bonds. The van der Waals surface area contributed by atoms with Gasteiger partial charge < -0.3 is 10.1 Å². The predicted molar refractivity (Wildman–Crippen MR) is 97.3 cm³/mol. The van der Waals surface area contributed by atoms with E-state index in [9.17, 15) is 14.4 Å². The van der Waals surface area contributed by atoms with E-state index in [0.29, 0.717) is 31.3 Å². The van der Waals surface area contributed by atoms with Gasteiger partial charge in [-0.25, -0.2) is 4.79 Å². The number of carbonyl (C=O) groups excluding carboxylic acids is 3. The Kier molecular flexibility index (Phi) is 5.31. The van der Waals surface area contributed by atoms with Crippen LogP contribution in [0.3, 0.4) is 0 Å². The molecule has 2 saturated carbocycles. The minimum absolute atomic E-state index is 0.0158. The van der Waals surface area contributed by atoms with Crippen LogP contribution in [-0.4, -0.2) is 41.5 Å². The summed E-state index contributed by atoms with van der Waals surface area (Å²) in [6.07, 6.45) is 8.08. The number of amides is 3. The minimum Gasteiger partial charge on any atom is -0.464 e. The molecule has 1 saturated heterocycles. The van der Waals surface area contributed by atoms with Crippen LogP contribution in [-0.2, 0) is 14.3 Å². The average molecular weight is 364 g/mol. The normalized spacial score (nSPS) is 32.0. The lowest BCUT2D eigenvalue weighted by atomic mass is 9.64. The molecule has 2 atom stereocenters. The van der Waals surface area contributed by atoms with Crippen LogP contribution in [0.5, 0.6) is 0 Å². The molecule has 1 N–H and O–H groups in total. The van der Waals surface area contributed by atoms with Gasteiger partial charge in [-0.05, 0) is 49.4 Å². The summed E-state index contributed by atoms with van der Waals surface area (Å²) in [5.74, 6) is 0.0133. The van der Waals surface area contributed by atoms with E-state index in [-0.39, 0.29) is 17.9 Å². The maximum absolute atomic E-state index is 13.0. The second kappa shape index (κ2) is 7.20. The van der Waals surface area contributed by atoms with E-state index in [1.165, 1.54) is 19.3 Å². The zero-order valence-electron chi connectivity index (χ0n) is 16.3. The number of carbonyl (C=O) groups is 3. The molecule has 2 aliphatic carbocycles. The molecule has 3 fully saturated rings. The highest BCUT2D eigenvalue weighted by Gasteiger charge is 2.56. The summed E-state index contributed by atoms with van der Waals surface area (Å²) >= 11 is 0. The highest BCUT2D eigenvalue weighted by Crippen LogP contribution is 2.46. The Balaban J connectivity index is 1.59. The maximum atomic E-state index is 13.0. The molecule has 0 unspecified atom stereocenters. The molecule has 0 aromatic rings. The topological polar surface area (TPSA) is 75.7 Å². The van der Waals surface area contributed by atoms with Crippen LogP contribution < -0.4 is 5.32 Å². The molecule has 1 aliphatic heterocycles. The molecule has 0 radical (unpaired) electrons. The third-order valence-electron chi connectivity index (χ3n) is 6.12. The summed E-state index contributed by atoms with van der Waals surface area (Å²) in [6.45, 7) is 6.49. The molecule has 6 nitrogen and oxygen atoms in total. The standard InChI is InChI=1S/C20H32N2O4/c1-14-9-19(2,3)13-20(10-14)17(24)22(18(25)21-20)11-16(23)26-12-15-7-5-4-6-8-15/h14-15H,4-13H2,1-3H3,(H,21,25)/t14-,20+/m1/s1. The Morgan fingerprint density at radius 1 is 1.19 bits per heavy atom. The Morgan fingerprint density at radius 3 is 2.54 bits per heavy atom. The second-order valence-corrected chi connectivity index (χ2v) is 9.45. The molecule has 1 heterocycles. The molecule has 146 valence electrons. The Morgan fingerprint density at radius 2 is 1.88 bits per heavy atom. The number of imide groups is 1. The van der Waals surface area contributed by atoms with Gasteiger partial charge in [0.15, 0.2) is 0 Å². The molecule has 1 spiro atoms. The van der Waals surface area contributed by atoms with Crippen molar-refractivity contribution in [3.05, 3.63) is 0 Å². The number of urea groups is 1. The minimum atomic E-state index is -0.859. The van der Waals surface area contributed by atoms with Gasteiger partial charge in [0, 0.05) is 0 Å². The van der Waals surface area contributed by atoms with Crippen LogP contribution in [0.25, 0.3) is 0 Å². The van der Waals surface area contributed by atoms with Gasteiger partial charge in [0.2, 0.25) is 0 Å². The van der Waals surface area contributed by atoms with E-state index in [2.05, 4.69) is 26.1 Å². The first-order valence-corrected chi connectivity index (χ1v) is 10.0. The van der Waals surface area contributed by atoms with E-state index in [4.69, 9.17) is 4.74 Å². The summed E-state index contributed by atoms with van der Waals surface area (Å²) in [6, 6.07) is -0.463. The Hall–Kier alpha value is -1.59. The number of hydrogen-bond donors (Lipinski definition) is 1. The molecular weight excluding hydrogens is 332 g/mol. The highest BCUT2D eigenvalue weighted by atomic mass is 16.5. The van der Waals surface area contributed by atoms with Gasteiger partial charge in [-0.1, -0.05) is 40.0 Å². The Bertz CT molecular complexity index is 582. The van der Waals surface area contributed by atoms with Crippen molar-refractivity contribution in [2.24, 2.45) is 17.3 Å². The van der Waals surface area contributed by atoms with Crippen molar-refractivity contribution in [3.63, 3.8) is 0 Å². The average Bonchev–Trinajstić information content (AvgIpc) is 2.75. The smallest absolute Gasteiger partial charge is 0.326 e. The van der Waals surface area contributed by atoms with Crippen molar-refractivity contribution in [2.45, 2.75) is 77.7 Å². The van der Waals surface area contributed by atoms with E-state index in [1.54, 1.807) is 0 Å². The summed E-state index contributed by atoms with van der Waals surface area (Å²) in [5, 5.41) is 2.90. The van der Waals surface area contributed by atoms with Crippen LogP contribution in [0, 0.1) is 17.3 Å². The molecule has 3 rings (SSSR count). The Labute approximate surface area is 156 Å². The second-order valence-electron chi connectivity index (χ2n) is 9.45. The largest absolute Gasteiger partial charge is 0.464 e. The quantitative estimate of drug-likeness (QED) is 0.614. The fourth-order valence-corrected chi connectivity index (χ4v) is 5.39. The fraction of sp³-hybridized carbons (Fsp3) is 0.850. The summed E-state index contributed by atoms with van der Waals surface area (Å²) in [5.41, 5.74) is -0.875.